The Morgan fingerprint density at radius 1 is 1.00 bits per heavy atom. The molecule has 0 saturated carbocycles. The summed E-state index contributed by atoms with van der Waals surface area (Å²) in [6.45, 7) is 2.08. The second kappa shape index (κ2) is 6.80. The minimum absolute atomic E-state index is 0.00917. The number of hydrogen-bond acceptors (Lipinski definition) is 5. The summed E-state index contributed by atoms with van der Waals surface area (Å²) in [4.78, 5) is 27.4. The number of para-hydroxylation sites is 3. The molecule has 1 fully saturated rings. The van der Waals surface area contributed by atoms with Gasteiger partial charge in [-0.25, -0.2) is 4.79 Å². The minimum atomic E-state index is -0.321. The Balaban J connectivity index is 1.43. The van der Waals surface area contributed by atoms with E-state index in [2.05, 4.69) is 4.90 Å². The van der Waals surface area contributed by atoms with Gasteiger partial charge in [-0.3, -0.25) is 14.3 Å². The molecule has 28 heavy (non-hydrogen) atoms. The maximum Gasteiger partial charge on any atom is 0.420 e. The third-order valence-corrected chi connectivity index (χ3v) is 5.51. The zero-order chi connectivity index (χ0) is 19.1. The number of fused-ring (bicyclic) bond motifs is 2. The van der Waals surface area contributed by atoms with Gasteiger partial charge in [0.05, 0.1) is 23.2 Å². The van der Waals surface area contributed by atoms with E-state index in [1.54, 1.807) is 23.0 Å². The van der Waals surface area contributed by atoms with Crippen LogP contribution in [0.2, 0.25) is 0 Å². The van der Waals surface area contributed by atoms with E-state index in [4.69, 9.17) is 8.83 Å². The quantitative estimate of drug-likeness (QED) is 0.547. The molecule has 0 aliphatic carbocycles. The fourth-order valence-corrected chi connectivity index (χ4v) is 4.18. The van der Waals surface area contributed by atoms with Gasteiger partial charge in [0.15, 0.2) is 11.0 Å². The van der Waals surface area contributed by atoms with Crippen molar-refractivity contribution < 1.29 is 8.83 Å². The van der Waals surface area contributed by atoms with Crippen LogP contribution in [0.15, 0.2) is 73.2 Å². The van der Waals surface area contributed by atoms with Gasteiger partial charge in [0, 0.05) is 18.7 Å². The lowest BCUT2D eigenvalue weighted by Gasteiger charge is -2.32. The van der Waals surface area contributed by atoms with Crippen LogP contribution in [0.1, 0.15) is 24.4 Å². The Kier molecular flexibility index (Phi) is 4.13. The van der Waals surface area contributed by atoms with Crippen molar-refractivity contribution in [3.05, 3.63) is 81.1 Å². The third kappa shape index (κ3) is 2.86. The van der Waals surface area contributed by atoms with Gasteiger partial charge in [-0.05, 0) is 43.7 Å². The lowest BCUT2D eigenvalue weighted by molar-refractivity contribution is 0.166. The molecule has 0 amide bonds. The second-order valence-electron chi connectivity index (χ2n) is 7.32. The van der Waals surface area contributed by atoms with Crippen LogP contribution in [0.5, 0.6) is 0 Å². The van der Waals surface area contributed by atoms with Gasteiger partial charge < -0.3 is 8.83 Å². The van der Waals surface area contributed by atoms with Crippen LogP contribution in [0.25, 0.3) is 22.1 Å². The van der Waals surface area contributed by atoms with Gasteiger partial charge in [-0.2, -0.15) is 0 Å². The van der Waals surface area contributed by atoms with Gasteiger partial charge >= 0.3 is 5.76 Å². The summed E-state index contributed by atoms with van der Waals surface area (Å²) in [5.74, 6) is -0.321. The van der Waals surface area contributed by atoms with Crippen molar-refractivity contribution in [1.82, 2.24) is 9.47 Å². The van der Waals surface area contributed by atoms with E-state index in [0.29, 0.717) is 35.2 Å². The van der Waals surface area contributed by atoms with E-state index in [0.717, 1.165) is 24.9 Å². The zero-order valence-electron chi connectivity index (χ0n) is 15.3. The molecular formula is C22H20N2O4. The van der Waals surface area contributed by atoms with Crippen molar-refractivity contribution >= 4 is 22.1 Å². The Labute approximate surface area is 160 Å². The SMILES string of the molecule is O=c1c(CN2CCC[C@@H](n3c(=O)oc4ccccc43)C2)coc2ccccc12. The highest BCUT2D eigenvalue weighted by molar-refractivity contribution is 5.76. The smallest absolute Gasteiger partial charge is 0.420 e. The van der Waals surface area contributed by atoms with Gasteiger partial charge in [0.2, 0.25) is 0 Å². The van der Waals surface area contributed by atoms with Crippen LogP contribution in [0.4, 0.5) is 0 Å². The topological polar surface area (TPSA) is 68.6 Å². The number of nitrogens with zero attached hydrogens (tertiary/aromatic N) is 2. The standard InChI is InChI=1S/C22H20N2O4/c25-21-15(14-27-19-9-3-1-7-17(19)21)12-23-11-5-6-16(13-23)24-18-8-2-4-10-20(18)28-22(24)26/h1-4,7-10,14,16H,5-6,11-13H2/t16-/m1/s1. The van der Waals surface area contributed by atoms with Crippen LogP contribution in [0, 0.1) is 0 Å². The number of piperidine rings is 1. The number of oxazole rings is 1. The predicted octanol–water partition coefficient (Wildman–Crippen LogP) is 3.54. The van der Waals surface area contributed by atoms with Gasteiger partial charge in [-0.15, -0.1) is 0 Å². The van der Waals surface area contributed by atoms with Gasteiger partial charge in [0.1, 0.15) is 5.58 Å². The van der Waals surface area contributed by atoms with Gasteiger partial charge in [0.25, 0.3) is 0 Å². The number of benzene rings is 2. The summed E-state index contributed by atoms with van der Waals surface area (Å²) in [5.41, 5.74) is 2.69. The van der Waals surface area contributed by atoms with Crippen molar-refractivity contribution in [1.29, 1.82) is 0 Å². The van der Waals surface area contributed by atoms with E-state index in [1.165, 1.54) is 0 Å². The predicted molar refractivity (Wildman–Crippen MR) is 107 cm³/mol. The maximum atomic E-state index is 12.8. The molecule has 0 unspecified atom stereocenters. The van der Waals surface area contributed by atoms with Crippen LogP contribution in [0.3, 0.4) is 0 Å². The molecule has 4 aromatic rings. The molecule has 0 radical (unpaired) electrons. The number of hydrogen-bond donors (Lipinski definition) is 0. The third-order valence-electron chi connectivity index (χ3n) is 5.51. The fourth-order valence-electron chi connectivity index (χ4n) is 4.18. The first-order valence-corrected chi connectivity index (χ1v) is 9.52. The molecule has 1 atom stereocenters. The molecular weight excluding hydrogens is 356 g/mol. The Bertz CT molecular complexity index is 1270. The first-order chi connectivity index (χ1) is 13.7. The fraction of sp³-hybridized carbons (Fsp3) is 0.273. The Hall–Kier alpha value is -3.12. The molecule has 3 heterocycles. The lowest BCUT2D eigenvalue weighted by atomic mass is 10.0. The largest absolute Gasteiger partial charge is 0.464 e. The minimum Gasteiger partial charge on any atom is -0.464 e. The van der Waals surface area contributed by atoms with Crippen molar-refractivity contribution in [2.24, 2.45) is 0 Å². The molecule has 1 aliphatic heterocycles. The lowest BCUT2D eigenvalue weighted by Crippen LogP contribution is -2.39. The average Bonchev–Trinajstić information content (AvgIpc) is 3.06. The molecule has 0 bridgehead atoms. The summed E-state index contributed by atoms with van der Waals surface area (Å²) >= 11 is 0. The molecule has 6 heteroatoms. The zero-order valence-corrected chi connectivity index (χ0v) is 15.3. The Morgan fingerprint density at radius 2 is 1.79 bits per heavy atom. The van der Waals surface area contributed by atoms with Crippen LogP contribution < -0.4 is 11.2 Å². The van der Waals surface area contributed by atoms with Gasteiger partial charge in [-0.1, -0.05) is 24.3 Å². The van der Waals surface area contributed by atoms with E-state index in [1.807, 2.05) is 36.4 Å². The van der Waals surface area contributed by atoms with E-state index in [-0.39, 0.29) is 17.2 Å². The molecule has 5 rings (SSSR count). The summed E-state index contributed by atoms with van der Waals surface area (Å²) in [5, 5.41) is 0.602. The first kappa shape index (κ1) is 17.0. The molecule has 0 spiro atoms. The Morgan fingerprint density at radius 3 is 2.68 bits per heavy atom. The van der Waals surface area contributed by atoms with E-state index >= 15 is 0 Å². The number of aromatic nitrogens is 1. The summed E-state index contributed by atoms with van der Waals surface area (Å²) in [6.07, 6.45) is 3.43. The monoisotopic (exact) mass is 376 g/mol. The highest BCUT2D eigenvalue weighted by atomic mass is 16.4. The molecule has 2 aromatic heterocycles. The van der Waals surface area contributed by atoms with E-state index < -0.39 is 0 Å². The normalized spacial score (nSPS) is 18.1. The van der Waals surface area contributed by atoms with E-state index in [9.17, 15) is 9.59 Å². The number of rotatable bonds is 3. The van der Waals surface area contributed by atoms with Crippen molar-refractivity contribution in [3.63, 3.8) is 0 Å². The molecule has 1 aliphatic rings. The second-order valence-corrected chi connectivity index (χ2v) is 7.32. The first-order valence-electron chi connectivity index (χ1n) is 9.52. The van der Waals surface area contributed by atoms with Crippen LogP contribution >= 0.6 is 0 Å². The van der Waals surface area contributed by atoms with Crippen LogP contribution in [-0.4, -0.2) is 22.6 Å². The summed E-state index contributed by atoms with van der Waals surface area (Å²) in [7, 11) is 0. The van der Waals surface area contributed by atoms with Crippen molar-refractivity contribution in [2.45, 2.75) is 25.4 Å². The van der Waals surface area contributed by atoms with Crippen molar-refractivity contribution in [3.8, 4) is 0 Å². The molecule has 1 saturated heterocycles. The summed E-state index contributed by atoms with van der Waals surface area (Å²) in [6, 6.07) is 14.8. The molecule has 6 nitrogen and oxygen atoms in total. The highest BCUT2D eigenvalue weighted by Crippen LogP contribution is 2.25. The van der Waals surface area contributed by atoms with Crippen LogP contribution in [-0.2, 0) is 6.54 Å². The number of likely N-dealkylation sites (tertiary alicyclic amines) is 1. The molecule has 142 valence electrons. The molecule has 2 aromatic carbocycles. The highest BCUT2D eigenvalue weighted by Gasteiger charge is 2.25. The maximum absolute atomic E-state index is 12.8. The molecule has 0 N–H and O–H groups in total. The average molecular weight is 376 g/mol. The summed E-state index contributed by atoms with van der Waals surface area (Å²) < 4.78 is 12.8. The van der Waals surface area contributed by atoms with Crippen molar-refractivity contribution in [2.75, 3.05) is 13.1 Å².